The van der Waals surface area contributed by atoms with Gasteiger partial charge in [-0.15, -0.1) is 6.58 Å². The first-order chi connectivity index (χ1) is 4.22. The van der Waals surface area contributed by atoms with Gasteiger partial charge in [0.1, 0.15) is 6.04 Å². The SMILES string of the molecule is C=CC(NCC)C(=O)O. The van der Waals surface area contributed by atoms with Gasteiger partial charge in [-0.2, -0.15) is 0 Å². The monoisotopic (exact) mass is 129 g/mol. The summed E-state index contributed by atoms with van der Waals surface area (Å²) in [6.45, 7) is 5.85. The van der Waals surface area contributed by atoms with Gasteiger partial charge in [0, 0.05) is 0 Å². The molecule has 0 aromatic heterocycles. The van der Waals surface area contributed by atoms with Gasteiger partial charge < -0.3 is 10.4 Å². The van der Waals surface area contributed by atoms with Crippen LogP contribution in [0.2, 0.25) is 0 Å². The molecule has 52 valence electrons. The first kappa shape index (κ1) is 8.17. The van der Waals surface area contributed by atoms with E-state index in [-0.39, 0.29) is 0 Å². The van der Waals surface area contributed by atoms with E-state index in [4.69, 9.17) is 5.11 Å². The normalized spacial score (nSPS) is 12.6. The first-order valence-electron chi connectivity index (χ1n) is 2.81. The lowest BCUT2D eigenvalue weighted by molar-refractivity contribution is -0.138. The minimum absolute atomic E-state index is 0.602. The van der Waals surface area contributed by atoms with E-state index < -0.39 is 12.0 Å². The zero-order valence-electron chi connectivity index (χ0n) is 5.42. The molecule has 0 radical (unpaired) electrons. The zero-order chi connectivity index (χ0) is 7.28. The zero-order valence-corrected chi connectivity index (χ0v) is 5.42. The molecule has 0 aliphatic rings. The van der Waals surface area contributed by atoms with Crippen molar-refractivity contribution < 1.29 is 9.90 Å². The Kier molecular flexibility index (Phi) is 3.71. The highest BCUT2D eigenvalue weighted by Gasteiger charge is 2.08. The maximum absolute atomic E-state index is 10.2. The van der Waals surface area contributed by atoms with E-state index in [1.807, 2.05) is 6.92 Å². The third-order valence-electron chi connectivity index (χ3n) is 0.926. The fraction of sp³-hybridized carbons (Fsp3) is 0.500. The molecule has 0 amide bonds. The van der Waals surface area contributed by atoms with Crippen molar-refractivity contribution in [3.8, 4) is 0 Å². The number of rotatable bonds is 4. The van der Waals surface area contributed by atoms with Crippen molar-refractivity contribution in [2.24, 2.45) is 0 Å². The van der Waals surface area contributed by atoms with Crippen molar-refractivity contribution in [1.29, 1.82) is 0 Å². The molecule has 0 aromatic rings. The van der Waals surface area contributed by atoms with Crippen molar-refractivity contribution in [3.05, 3.63) is 12.7 Å². The average molecular weight is 129 g/mol. The quantitative estimate of drug-likeness (QED) is 0.534. The summed E-state index contributed by atoms with van der Waals surface area (Å²) in [6, 6.07) is -0.602. The lowest BCUT2D eigenvalue weighted by atomic mass is 10.3. The second-order valence-electron chi connectivity index (χ2n) is 1.61. The van der Waals surface area contributed by atoms with Crippen molar-refractivity contribution in [1.82, 2.24) is 5.32 Å². The molecular weight excluding hydrogens is 118 g/mol. The van der Waals surface area contributed by atoms with E-state index in [0.29, 0.717) is 6.54 Å². The predicted octanol–water partition coefficient (Wildman–Crippen LogP) is 0.235. The van der Waals surface area contributed by atoms with Crippen LogP contribution in [0.1, 0.15) is 6.92 Å². The summed E-state index contributed by atoms with van der Waals surface area (Å²) in [7, 11) is 0. The lowest BCUT2D eigenvalue weighted by Crippen LogP contribution is -2.34. The second-order valence-corrected chi connectivity index (χ2v) is 1.61. The summed E-state index contributed by atoms with van der Waals surface area (Å²) in [5.41, 5.74) is 0. The molecular formula is C6H11NO2. The lowest BCUT2D eigenvalue weighted by Gasteiger charge is -2.05. The van der Waals surface area contributed by atoms with E-state index in [1.165, 1.54) is 6.08 Å². The molecule has 0 saturated carbocycles. The smallest absolute Gasteiger partial charge is 0.324 e. The van der Waals surface area contributed by atoms with Crippen LogP contribution in [0.15, 0.2) is 12.7 Å². The summed E-state index contributed by atoms with van der Waals surface area (Å²) in [5.74, 6) is -0.883. The van der Waals surface area contributed by atoms with Crippen LogP contribution in [-0.4, -0.2) is 23.7 Å². The van der Waals surface area contributed by atoms with Crippen molar-refractivity contribution in [2.45, 2.75) is 13.0 Å². The Bertz CT molecular complexity index is 112. The summed E-state index contributed by atoms with van der Waals surface area (Å²) in [6.07, 6.45) is 1.37. The van der Waals surface area contributed by atoms with Crippen LogP contribution in [0.3, 0.4) is 0 Å². The first-order valence-corrected chi connectivity index (χ1v) is 2.81. The van der Waals surface area contributed by atoms with Crippen LogP contribution in [0.5, 0.6) is 0 Å². The predicted molar refractivity (Wildman–Crippen MR) is 35.3 cm³/mol. The van der Waals surface area contributed by atoms with Gasteiger partial charge in [-0.1, -0.05) is 13.0 Å². The van der Waals surface area contributed by atoms with E-state index in [1.54, 1.807) is 0 Å². The molecule has 2 N–H and O–H groups in total. The third kappa shape index (κ3) is 2.87. The number of nitrogens with one attached hydrogen (secondary N) is 1. The average Bonchev–Trinajstić information content (AvgIpc) is 1.82. The highest BCUT2D eigenvalue weighted by molar-refractivity contribution is 5.75. The summed E-state index contributed by atoms with van der Waals surface area (Å²) < 4.78 is 0. The van der Waals surface area contributed by atoms with Gasteiger partial charge in [0.05, 0.1) is 0 Å². The number of carboxylic acids is 1. The number of hydrogen-bond acceptors (Lipinski definition) is 2. The molecule has 0 aromatic carbocycles. The van der Waals surface area contributed by atoms with Gasteiger partial charge in [-0.3, -0.25) is 4.79 Å². The highest BCUT2D eigenvalue weighted by Crippen LogP contribution is 1.82. The molecule has 1 atom stereocenters. The number of hydrogen-bond donors (Lipinski definition) is 2. The van der Waals surface area contributed by atoms with Crippen molar-refractivity contribution >= 4 is 5.97 Å². The largest absolute Gasteiger partial charge is 0.480 e. The summed E-state index contributed by atoms with van der Waals surface area (Å²) in [4.78, 5) is 10.2. The molecule has 9 heavy (non-hydrogen) atoms. The number of aliphatic carboxylic acids is 1. The fourth-order valence-electron chi connectivity index (χ4n) is 0.491. The Morgan fingerprint density at radius 2 is 2.56 bits per heavy atom. The maximum Gasteiger partial charge on any atom is 0.324 e. The van der Waals surface area contributed by atoms with Gasteiger partial charge in [-0.05, 0) is 6.54 Å². The molecule has 0 spiro atoms. The number of likely N-dealkylation sites (N-methyl/N-ethyl adjacent to an activating group) is 1. The summed E-state index contributed by atoms with van der Waals surface area (Å²) >= 11 is 0. The summed E-state index contributed by atoms with van der Waals surface area (Å²) in [5, 5.41) is 11.1. The molecule has 0 fully saturated rings. The molecule has 1 unspecified atom stereocenters. The van der Waals surface area contributed by atoms with Gasteiger partial charge >= 0.3 is 5.97 Å². The van der Waals surface area contributed by atoms with Crippen LogP contribution >= 0.6 is 0 Å². The topological polar surface area (TPSA) is 49.3 Å². The molecule has 0 rings (SSSR count). The van der Waals surface area contributed by atoms with Crippen LogP contribution in [0.4, 0.5) is 0 Å². The molecule has 3 heteroatoms. The Balaban J connectivity index is 3.68. The fourth-order valence-corrected chi connectivity index (χ4v) is 0.491. The maximum atomic E-state index is 10.2. The van der Waals surface area contributed by atoms with Gasteiger partial charge in [-0.25, -0.2) is 0 Å². The Hall–Kier alpha value is -0.830. The van der Waals surface area contributed by atoms with E-state index in [2.05, 4.69) is 11.9 Å². The van der Waals surface area contributed by atoms with Crippen LogP contribution in [0.25, 0.3) is 0 Å². The minimum atomic E-state index is -0.883. The Morgan fingerprint density at radius 3 is 2.67 bits per heavy atom. The van der Waals surface area contributed by atoms with Gasteiger partial charge in [0.25, 0.3) is 0 Å². The van der Waals surface area contributed by atoms with E-state index >= 15 is 0 Å². The number of carbonyl (C=O) groups is 1. The highest BCUT2D eigenvalue weighted by atomic mass is 16.4. The Morgan fingerprint density at radius 1 is 2.00 bits per heavy atom. The van der Waals surface area contributed by atoms with Crippen LogP contribution < -0.4 is 5.32 Å². The third-order valence-corrected chi connectivity index (χ3v) is 0.926. The number of carboxylic acid groups (broad SMARTS) is 1. The molecule has 3 nitrogen and oxygen atoms in total. The van der Waals surface area contributed by atoms with Crippen LogP contribution in [-0.2, 0) is 4.79 Å². The minimum Gasteiger partial charge on any atom is -0.480 e. The molecule has 0 bridgehead atoms. The molecule has 0 heterocycles. The second kappa shape index (κ2) is 4.09. The van der Waals surface area contributed by atoms with Crippen molar-refractivity contribution in [2.75, 3.05) is 6.54 Å². The standard InChI is InChI=1S/C6H11NO2/c1-3-5(6(8)9)7-4-2/h3,5,7H,1,4H2,2H3,(H,8,9). The molecule has 0 saturated heterocycles. The van der Waals surface area contributed by atoms with Crippen LogP contribution in [0, 0.1) is 0 Å². The molecule has 0 aliphatic carbocycles. The van der Waals surface area contributed by atoms with E-state index in [0.717, 1.165) is 0 Å². The molecule has 0 aliphatic heterocycles. The van der Waals surface area contributed by atoms with Crippen molar-refractivity contribution in [3.63, 3.8) is 0 Å². The van der Waals surface area contributed by atoms with Gasteiger partial charge in [0.2, 0.25) is 0 Å². The van der Waals surface area contributed by atoms with E-state index in [9.17, 15) is 4.79 Å². The van der Waals surface area contributed by atoms with Gasteiger partial charge in [0.15, 0.2) is 0 Å². The Labute approximate surface area is 54.4 Å².